The van der Waals surface area contributed by atoms with Gasteiger partial charge in [-0.3, -0.25) is 4.79 Å². The first-order valence-electron chi connectivity index (χ1n) is 16.8. The third-order valence-electron chi connectivity index (χ3n) is 9.45. The summed E-state index contributed by atoms with van der Waals surface area (Å²) in [5, 5.41) is 9.06. The van der Waals surface area contributed by atoms with E-state index in [4.69, 9.17) is 10.1 Å². The van der Waals surface area contributed by atoms with E-state index in [-0.39, 0.29) is 25.8 Å². The molecule has 284 valence electrons. The molecule has 1 N–H and O–H groups in total. The second-order valence-corrected chi connectivity index (χ2v) is 18.1. The van der Waals surface area contributed by atoms with Gasteiger partial charge in [0.1, 0.15) is 10.1 Å². The standard InChI is InChI=1S/C35H45N3O11S3/c1-34(2)27-13-10-20-37(21-11-23-50(41,42)43)33(27)36-30(34)14-6-4-7-15-31-35(3,19-9-5-8-16-32(39)40)28-25-26(52(47,48)49)17-18-29(28)38(31)22-12-24-51(44,45)46/h4,6-7,10,13-15,17-18,20,25H,5,8-9,11-12,16,19,21-24H2,1-3H3,(H3-,39,40,41,42,43,44,45,46,47,48,49)/p-2. The lowest BCUT2D eigenvalue weighted by Crippen LogP contribution is -2.35. The van der Waals surface area contributed by atoms with Gasteiger partial charge in [0.2, 0.25) is 0 Å². The molecule has 2 aromatic rings. The molecule has 2 aliphatic heterocycles. The molecule has 0 spiro atoms. The third-order valence-corrected chi connectivity index (χ3v) is 11.9. The Kier molecular flexibility index (Phi) is 12.7. The van der Waals surface area contributed by atoms with Crippen LogP contribution in [0, 0.1) is 0 Å². The number of hydrogen-bond acceptors (Lipinski definition) is 12. The largest absolute Gasteiger partial charge is 0.748 e. The van der Waals surface area contributed by atoms with Crippen molar-refractivity contribution in [1.82, 2.24) is 0 Å². The maximum Gasteiger partial charge on any atom is 0.327 e. The van der Waals surface area contributed by atoms with E-state index in [1.807, 2.05) is 54.5 Å². The van der Waals surface area contributed by atoms with Gasteiger partial charge in [-0.05, 0) is 99.5 Å². The molecule has 14 nitrogen and oxygen atoms in total. The Morgan fingerprint density at radius 3 is 2.23 bits per heavy atom. The van der Waals surface area contributed by atoms with Crippen molar-refractivity contribution in [3.63, 3.8) is 0 Å². The normalized spacial score (nSPS) is 19.5. The summed E-state index contributed by atoms with van der Waals surface area (Å²) in [7, 11) is -13.7. The van der Waals surface area contributed by atoms with Crippen molar-refractivity contribution in [2.45, 2.75) is 88.0 Å². The number of carbonyl (C=O) groups is 1. The third kappa shape index (κ3) is 10.2. The lowest BCUT2D eigenvalue weighted by Gasteiger charge is -2.31. The average Bonchev–Trinajstić information content (AvgIpc) is 3.41. The van der Waals surface area contributed by atoms with E-state index < -0.39 is 63.6 Å². The Balaban J connectivity index is 1.67. The van der Waals surface area contributed by atoms with Gasteiger partial charge in [0, 0.05) is 41.3 Å². The van der Waals surface area contributed by atoms with Crippen molar-refractivity contribution < 1.29 is 53.4 Å². The Morgan fingerprint density at radius 1 is 0.885 bits per heavy atom. The molecule has 0 fully saturated rings. The van der Waals surface area contributed by atoms with E-state index in [9.17, 15) is 43.7 Å². The predicted molar refractivity (Wildman–Crippen MR) is 191 cm³/mol. The number of nitrogens with zero attached hydrogens (tertiary/aromatic N) is 3. The highest BCUT2D eigenvalue weighted by Crippen LogP contribution is 2.51. The second-order valence-electron chi connectivity index (χ2n) is 13.7. The molecule has 4 rings (SSSR count). The molecule has 1 aromatic heterocycles. The van der Waals surface area contributed by atoms with E-state index in [0.717, 1.165) is 11.3 Å². The Hall–Kier alpha value is -3.74. The minimum atomic E-state index is -4.81. The topological polar surface area (TPSA) is 228 Å². The molecule has 0 aliphatic carbocycles. The minimum absolute atomic E-state index is 0.00161. The molecule has 52 heavy (non-hydrogen) atoms. The average molecular weight is 778 g/mol. The molecule has 0 bridgehead atoms. The molecule has 1 unspecified atom stereocenters. The first kappa shape index (κ1) is 41.0. The summed E-state index contributed by atoms with van der Waals surface area (Å²) in [4.78, 5) is 17.3. The number of fused-ring (bicyclic) bond motifs is 2. The van der Waals surface area contributed by atoms with Gasteiger partial charge < -0.3 is 23.7 Å². The maximum absolute atomic E-state index is 12.0. The number of pyridine rings is 1. The highest BCUT2D eigenvalue weighted by molar-refractivity contribution is 7.86. The molecule has 0 amide bonds. The zero-order valence-corrected chi connectivity index (χ0v) is 31.7. The number of unbranched alkanes of at least 4 members (excludes halogenated alkanes) is 2. The Labute approximate surface area is 305 Å². The lowest BCUT2D eigenvalue weighted by molar-refractivity contribution is -0.684. The van der Waals surface area contributed by atoms with Gasteiger partial charge >= 0.3 is 11.8 Å². The molecular formula is C35H43N3O11S3-2. The second kappa shape index (κ2) is 16.1. The highest BCUT2D eigenvalue weighted by Gasteiger charge is 2.44. The van der Waals surface area contributed by atoms with E-state index in [2.05, 4.69) is 0 Å². The number of aliphatic carboxylic acids is 1. The molecule has 1 atom stereocenters. The van der Waals surface area contributed by atoms with Crippen LogP contribution in [0.1, 0.15) is 76.8 Å². The van der Waals surface area contributed by atoms with Crippen molar-refractivity contribution in [3.05, 3.63) is 83.7 Å². The summed E-state index contributed by atoms with van der Waals surface area (Å²) in [6, 6.07) is 7.82. The first-order valence-corrected chi connectivity index (χ1v) is 21.3. The number of aryl methyl sites for hydroxylation is 1. The summed E-state index contributed by atoms with van der Waals surface area (Å²) >= 11 is 0. The van der Waals surface area contributed by atoms with Crippen LogP contribution in [0.2, 0.25) is 0 Å². The number of carboxylic acid groups (broad SMARTS) is 1. The summed E-state index contributed by atoms with van der Waals surface area (Å²) < 4.78 is 106. The predicted octanol–water partition coefficient (Wildman–Crippen LogP) is 3.92. The minimum Gasteiger partial charge on any atom is -0.748 e. The van der Waals surface area contributed by atoms with Gasteiger partial charge in [-0.1, -0.05) is 31.1 Å². The maximum atomic E-state index is 12.0. The van der Waals surface area contributed by atoms with Gasteiger partial charge in [0.25, 0.3) is 0 Å². The number of carboxylic acids is 1. The lowest BCUT2D eigenvalue weighted by atomic mass is 9.77. The van der Waals surface area contributed by atoms with Crippen molar-refractivity contribution in [1.29, 1.82) is 0 Å². The molecular weight excluding hydrogens is 735 g/mol. The van der Waals surface area contributed by atoms with Gasteiger partial charge in [-0.25, -0.2) is 29.8 Å². The van der Waals surface area contributed by atoms with Crippen LogP contribution in [0.4, 0.5) is 11.5 Å². The Bertz CT molecular complexity index is 2140. The van der Waals surface area contributed by atoms with E-state index in [1.165, 1.54) is 18.2 Å². The van der Waals surface area contributed by atoms with E-state index >= 15 is 0 Å². The molecule has 2 aliphatic rings. The highest BCUT2D eigenvalue weighted by atomic mass is 32.2. The fourth-order valence-electron chi connectivity index (χ4n) is 6.76. The van der Waals surface area contributed by atoms with Crippen molar-refractivity contribution in [3.8, 4) is 0 Å². The van der Waals surface area contributed by atoms with Crippen LogP contribution in [0.25, 0.3) is 0 Å². The van der Waals surface area contributed by atoms with Crippen LogP contribution in [-0.4, -0.2) is 73.7 Å². The van der Waals surface area contributed by atoms with Gasteiger partial charge in [0.05, 0.1) is 48.9 Å². The summed E-state index contributed by atoms with van der Waals surface area (Å²) in [5.74, 6) is -1.34. The smallest absolute Gasteiger partial charge is 0.327 e. The molecule has 1 aromatic carbocycles. The fraction of sp³-hybridized carbons (Fsp3) is 0.457. The van der Waals surface area contributed by atoms with Gasteiger partial charge in [-0.2, -0.15) is 0 Å². The van der Waals surface area contributed by atoms with Crippen molar-refractivity contribution >= 4 is 53.5 Å². The molecule has 0 radical (unpaired) electrons. The molecule has 0 saturated carbocycles. The van der Waals surface area contributed by atoms with Crippen LogP contribution in [0.15, 0.2) is 82.5 Å². The SMILES string of the molecule is CC1(C)C(/C=C/C=C/C=C2\N(CCCS(=O)(=O)[O-])c3ccc(S(=O)(=O)[O-])cc3C2(C)CCCCCC(=O)O)=Nc2c1ccc[n+]2CCCS(=O)(=O)[O-]. The first-order chi connectivity index (χ1) is 24.1. The zero-order chi connectivity index (χ0) is 38.5. The van der Waals surface area contributed by atoms with E-state index in [1.54, 1.807) is 24.4 Å². The van der Waals surface area contributed by atoms with Crippen molar-refractivity contribution in [2.75, 3.05) is 23.0 Å². The summed E-state index contributed by atoms with van der Waals surface area (Å²) in [5.41, 5.74) is 2.12. The van der Waals surface area contributed by atoms with Crippen LogP contribution >= 0.6 is 0 Å². The number of aliphatic imine (C=N–C) groups is 1. The summed E-state index contributed by atoms with van der Waals surface area (Å²) in [6.07, 6.45) is 12.9. The van der Waals surface area contributed by atoms with Gasteiger partial charge in [0.15, 0.2) is 5.71 Å². The van der Waals surface area contributed by atoms with Crippen LogP contribution in [0.3, 0.4) is 0 Å². The molecule has 3 heterocycles. The molecule has 0 saturated heterocycles. The number of rotatable bonds is 18. The monoisotopic (exact) mass is 777 g/mol. The van der Waals surface area contributed by atoms with E-state index in [0.29, 0.717) is 55.0 Å². The number of hydrogen-bond donors (Lipinski definition) is 1. The van der Waals surface area contributed by atoms with Crippen LogP contribution in [-0.2, 0) is 52.5 Å². The van der Waals surface area contributed by atoms with Crippen molar-refractivity contribution in [2.24, 2.45) is 4.99 Å². The van der Waals surface area contributed by atoms with Gasteiger partial charge in [-0.15, -0.1) is 0 Å². The quantitative estimate of drug-likeness (QED) is 0.0983. The fourth-order valence-corrected chi connectivity index (χ4v) is 8.23. The van der Waals surface area contributed by atoms with Crippen LogP contribution < -0.4 is 9.47 Å². The Morgan fingerprint density at radius 2 is 1.58 bits per heavy atom. The number of allylic oxidation sites excluding steroid dienone is 6. The number of anilines is 1. The summed E-state index contributed by atoms with van der Waals surface area (Å²) in [6.45, 7) is 6.32. The number of benzene rings is 1. The zero-order valence-electron chi connectivity index (χ0n) is 29.2. The number of aromatic nitrogens is 1. The van der Waals surface area contributed by atoms with Crippen LogP contribution in [0.5, 0.6) is 0 Å². The molecule has 17 heteroatoms.